The summed E-state index contributed by atoms with van der Waals surface area (Å²) >= 11 is 0. The number of amides is 1. The third kappa shape index (κ3) is 3.11. The Balaban J connectivity index is 2.06. The number of aryl methyl sites for hydroxylation is 1. The maximum absolute atomic E-state index is 12.2. The second kappa shape index (κ2) is 5.68. The Bertz CT molecular complexity index is 589. The lowest BCUT2D eigenvalue weighted by Gasteiger charge is -2.16. The highest BCUT2D eigenvalue weighted by Gasteiger charge is 2.14. The fourth-order valence-corrected chi connectivity index (χ4v) is 1.74. The highest BCUT2D eigenvalue weighted by atomic mass is 16.2. The van der Waals surface area contributed by atoms with E-state index in [9.17, 15) is 4.79 Å². The van der Waals surface area contributed by atoms with Crippen molar-refractivity contribution in [1.82, 2.24) is 25.1 Å². The van der Waals surface area contributed by atoms with Crippen LogP contribution in [-0.4, -0.2) is 52.1 Å². The Labute approximate surface area is 117 Å². The number of aromatic nitrogens is 4. The first-order chi connectivity index (χ1) is 9.47. The van der Waals surface area contributed by atoms with E-state index in [4.69, 9.17) is 0 Å². The van der Waals surface area contributed by atoms with Gasteiger partial charge in [0.15, 0.2) is 5.82 Å². The van der Waals surface area contributed by atoms with Crippen LogP contribution in [0.2, 0.25) is 0 Å². The maximum Gasteiger partial charge on any atom is 0.255 e. The molecule has 7 heteroatoms. The summed E-state index contributed by atoms with van der Waals surface area (Å²) in [5, 5.41) is 6.77. The van der Waals surface area contributed by atoms with Gasteiger partial charge in [-0.1, -0.05) is 0 Å². The molecule has 1 N–H and O–H groups in total. The summed E-state index contributed by atoms with van der Waals surface area (Å²) in [6, 6.07) is 3.59. The van der Waals surface area contributed by atoms with Crippen LogP contribution in [0.25, 0.3) is 0 Å². The topological polar surface area (TPSA) is 78.0 Å². The third-order valence-corrected chi connectivity index (χ3v) is 2.82. The molecule has 0 aromatic carbocycles. The van der Waals surface area contributed by atoms with Crippen LogP contribution in [0.4, 0.5) is 5.82 Å². The minimum atomic E-state index is -0.106. The summed E-state index contributed by atoms with van der Waals surface area (Å²) in [6.07, 6.45) is 1.58. The van der Waals surface area contributed by atoms with Gasteiger partial charge in [0, 0.05) is 27.3 Å². The van der Waals surface area contributed by atoms with Crippen molar-refractivity contribution in [3.8, 4) is 0 Å². The molecule has 0 aliphatic heterocycles. The molecule has 0 radical (unpaired) electrons. The molecule has 0 fully saturated rings. The van der Waals surface area contributed by atoms with Crippen LogP contribution in [0.15, 0.2) is 18.3 Å². The fraction of sp³-hybridized carbons (Fsp3) is 0.385. The number of hydrogen-bond donors (Lipinski definition) is 1. The van der Waals surface area contributed by atoms with E-state index in [0.717, 1.165) is 11.6 Å². The van der Waals surface area contributed by atoms with Crippen molar-refractivity contribution in [3.63, 3.8) is 0 Å². The molecule has 2 rings (SSSR count). The van der Waals surface area contributed by atoms with Gasteiger partial charge in [-0.05, 0) is 19.1 Å². The first-order valence-electron chi connectivity index (χ1n) is 6.24. The number of rotatable bonds is 4. The lowest BCUT2D eigenvalue weighted by atomic mass is 10.2. The molecule has 0 unspecified atom stereocenters. The van der Waals surface area contributed by atoms with Gasteiger partial charge >= 0.3 is 0 Å². The van der Waals surface area contributed by atoms with E-state index in [1.54, 1.807) is 24.2 Å². The average molecular weight is 274 g/mol. The van der Waals surface area contributed by atoms with Crippen LogP contribution in [0.3, 0.4) is 0 Å². The predicted molar refractivity (Wildman–Crippen MR) is 75.5 cm³/mol. The first-order valence-corrected chi connectivity index (χ1v) is 6.24. The van der Waals surface area contributed by atoms with Crippen LogP contribution in [0.1, 0.15) is 22.0 Å². The largest absolute Gasteiger partial charge is 0.363 e. The van der Waals surface area contributed by atoms with E-state index < -0.39 is 0 Å². The molecule has 1 amide bonds. The molecule has 20 heavy (non-hydrogen) atoms. The van der Waals surface area contributed by atoms with Crippen molar-refractivity contribution in [2.24, 2.45) is 0 Å². The van der Waals surface area contributed by atoms with E-state index in [-0.39, 0.29) is 5.91 Å². The Morgan fingerprint density at radius 1 is 1.30 bits per heavy atom. The molecule has 106 valence electrons. The van der Waals surface area contributed by atoms with Gasteiger partial charge in [-0.2, -0.15) is 5.10 Å². The van der Waals surface area contributed by atoms with Crippen LogP contribution < -0.4 is 4.90 Å². The van der Waals surface area contributed by atoms with Gasteiger partial charge < -0.3 is 9.80 Å². The number of carbonyl (C=O) groups is 1. The monoisotopic (exact) mass is 274 g/mol. The number of nitrogens with one attached hydrogen (secondary N) is 1. The van der Waals surface area contributed by atoms with Gasteiger partial charge in [0.25, 0.3) is 5.91 Å². The fourth-order valence-electron chi connectivity index (χ4n) is 1.74. The third-order valence-electron chi connectivity index (χ3n) is 2.82. The zero-order valence-electron chi connectivity index (χ0n) is 12.1. The van der Waals surface area contributed by atoms with Crippen molar-refractivity contribution in [1.29, 1.82) is 0 Å². The summed E-state index contributed by atoms with van der Waals surface area (Å²) in [7, 11) is 5.52. The second-order valence-corrected chi connectivity index (χ2v) is 4.80. The predicted octanol–water partition coefficient (Wildman–Crippen LogP) is 0.846. The molecule has 0 atom stereocenters. The number of carbonyl (C=O) groups excluding carboxylic acids is 1. The van der Waals surface area contributed by atoms with Crippen molar-refractivity contribution in [2.45, 2.75) is 13.5 Å². The molecule has 0 saturated heterocycles. The normalized spacial score (nSPS) is 10.4. The highest BCUT2D eigenvalue weighted by Crippen LogP contribution is 2.10. The Kier molecular flexibility index (Phi) is 3.97. The molecule has 2 heterocycles. The lowest BCUT2D eigenvalue weighted by Crippen LogP contribution is -2.27. The van der Waals surface area contributed by atoms with Gasteiger partial charge in [-0.3, -0.25) is 9.89 Å². The van der Waals surface area contributed by atoms with Crippen LogP contribution >= 0.6 is 0 Å². The summed E-state index contributed by atoms with van der Waals surface area (Å²) in [5.74, 6) is 2.04. The van der Waals surface area contributed by atoms with Crippen molar-refractivity contribution in [3.05, 3.63) is 35.5 Å². The Morgan fingerprint density at radius 2 is 2.05 bits per heavy atom. The summed E-state index contributed by atoms with van der Waals surface area (Å²) in [4.78, 5) is 24.1. The summed E-state index contributed by atoms with van der Waals surface area (Å²) < 4.78 is 0. The molecule has 0 bridgehead atoms. The van der Waals surface area contributed by atoms with Gasteiger partial charge in [0.2, 0.25) is 0 Å². The molecule has 7 nitrogen and oxygen atoms in total. The highest BCUT2D eigenvalue weighted by molar-refractivity contribution is 5.93. The minimum Gasteiger partial charge on any atom is -0.363 e. The molecule has 0 spiro atoms. The van der Waals surface area contributed by atoms with E-state index in [2.05, 4.69) is 20.2 Å². The van der Waals surface area contributed by atoms with Crippen molar-refractivity contribution >= 4 is 11.7 Å². The van der Waals surface area contributed by atoms with Gasteiger partial charge in [0.1, 0.15) is 11.6 Å². The first kappa shape index (κ1) is 14.0. The average Bonchev–Trinajstić information content (AvgIpc) is 2.83. The van der Waals surface area contributed by atoms with Crippen LogP contribution in [0.5, 0.6) is 0 Å². The lowest BCUT2D eigenvalue weighted by molar-refractivity contribution is 0.0781. The SMILES string of the molecule is Cc1nc(CN(C)C(=O)c2ccc(N(C)C)nc2)n[nH]1. The number of hydrogen-bond acceptors (Lipinski definition) is 5. The Hall–Kier alpha value is -2.44. The molecular weight excluding hydrogens is 256 g/mol. The van der Waals surface area contributed by atoms with E-state index in [1.807, 2.05) is 32.0 Å². The zero-order valence-corrected chi connectivity index (χ0v) is 12.1. The number of aromatic amines is 1. The number of pyridine rings is 1. The number of H-pyrrole nitrogens is 1. The zero-order chi connectivity index (χ0) is 14.7. The van der Waals surface area contributed by atoms with Gasteiger partial charge in [-0.15, -0.1) is 0 Å². The molecule has 2 aromatic heterocycles. The second-order valence-electron chi connectivity index (χ2n) is 4.80. The molecule has 0 saturated carbocycles. The van der Waals surface area contributed by atoms with Gasteiger partial charge in [0.05, 0.1) is 12.1 Å². The smallest absolute Gasteiger partial charge is 0.255 e. The number of nitrogens with zero attached hydrogens (tertiary/aromatic N) is 5. The standard InChI is InChI=1S/C13H18N6O/c1-9-15-11(17-16-9)8-19(4)13(20)10-5-6-12(14-7-10)18(2)3/h5-7H,8H2,1-4H3,(H,15,16,17). The number of anilines is 1. The van der Waals surface area contributed by atoms with Gasteiger partial charge in [-0.25, -0.2) is 9.97 Å². The quantitative estimate of drug-likeness (QED) is 0.894. The molecule has 0 aliphatic carbocycles. The van der Waals surface area contributed by atoms with E-state index >= 15 is 0 Å². The summed E-state index contributed by atoms with van der Waals surface area (Å²) in [6.45, 7) is 2.18. The molecule has 2 aromatic rings. The van der Waals surface area contributed by atoms with Crippen molar-refractivity contribution in [2.75, 3.05) is 26.0 Å². The molecular formula is C13H18N6O. The maximum atomic E-state index is 12.2. The van der Waals surface area contributed by atoms with Crippen LogP contribution in [-0.2, 0) is 6.54 Å². The Morgan fingerprint density at radius 3 is 2.55 bits per heavy atom. The van der Waals surface area contributed by atoms with E-state index in [1.165, 1.54) is 0 Å². The molecule has 0 aliphatic rings. The van der Waals surface area contributed by atoms with E-state index in [0.29, 0.717) is 17.9 Å². The van der Waals surface area contributed by atoms with Crippen molar-refractivity contribution < 1.29 is 4.79 Å². The minimum absolute atomic E-state index is 0.106. The summed E-state index contributed by atoms with van der Waals surface area (Å²) in [5.41, 5.74) is 0.547. The van der Waals surface area contributed by atoms with Crippen LogP contribution in [0, 0.1) is 6.92 Å².